The van der Waals surface area contributed by atoms with Gasteiger partial charge in [-0.15, -0.1) is 0 Å². The highest BCUT2D eigenvalue weighted by atomic mass is 19.1. The van der Waals surface area contributed by atoms with Crippen LogP contribution in [0.25, 0.3) is 5.57 Å². The van der Waals surface area contributed by atoms with Gasteiger partial charge in [0.25, 0.3) is 0 Å². The number of amides is 1. The van der Waals surface area contributed by atoms with Gasteiger partial charge in [0.05, 0.1) is 12.2 Å². The largest absolute Gasteiger partial charge is 0.322 e. The minimum absolute atomic E-state index is 0.188. The Hall–Kier alpha value is -2.46. The fraction of sp³-hybridized carbons (Fsp3) is 0.211. The molecule has 23 heavy (non-hydrogen) atoms. The zero-order valence-electron chi connectivity index (χ0n) is 12.8. The van der Waals surface area contributed by atoms with Crippen molar-refractivity contribution in [3.05, 3.63) is 72.1 Å². The molecule has 118 valence electrons. The molecule has 2 aromatic rings. The second kappa shape index (κ2) is 7.20. The summed E-state index contributed by atoms with van der Waals surface area (Å²) in [5, 5.41) is 2.62. The van der Waals surface area contributed by atoms with Crippen molar-refractivity contribution in [1.82, 2.24) is 4.90 Å². The fourth-order valence-corrected chi connectivity index (χ4v) is 2.72. The summed E-state index contributed by atoms with van der Waals surface area (Å²) in [6, 6.07) is 16.5. The van der Waals surface area contributed by atoms with Crippen LogP contribution in [0.1, 0.15) is 12.0 Å². The lowest BCUT2D eigenvalue weighted by Gasteiger charge is -2.25. The number of nitrogens with zero attached hydrogens (tertiary/aromatic N) is 1. The highest BCUT2D eigenvalue weighted by Gasteiger charge is 2.16. The van der Waals surface area contributed by atoms with Crippen molar-refractivity contribution < 1.29 is 9.18 Å². The number of nitrogens with one attached hydrogen (secondary N) is 1. The molecule has 4 heteroatoms. The van der Waals surface area contributed by atoms with Crippen molar-refractivity contribution in [1.29, 1.82) is 0 Å². The minimum atomic E-state index is -0.411. The number of carbonyl (C=O) groups is 1. The summed E-state index contributed by atoms with van der Waals surface area (Å²) >= 11 is 0. The molecule has 3 rings (SSSR count). The number of carbonyl (C=O) groups excluding carboxylic acids is 1. The summed E-state index contributed by atoms with van der Waals surface area (Å²) in [5.41, 5.74) is 2.79. The zero-order valence-corrected chi connectivity index (χ0v) is 12.8. The van der Waals surface area contributed by atoms with Crippen LogP contribution in [-0.2, 0) is 4.79 Å². The predicted molar refractivity (Wildman–Crippen MR) is 90.5 cm³/mol. The second-order valence-corrected chi connectivity index (χ2v) is 5.61. The van der Waals surface area contributed by atoms with Crippen LogP contribution in [0.2, 0.25) is 0 Å². The lowest BCUT2D eigenvalue weighted by Crippen LogP contribution is -2.36. The minimum Gasteiger partial charge on any atom is -0.322 e. The Balaban J connectivity index is 1.55. The molecular formula is C19H19FN2O. The second-order valence-electron chi connectivity index (χ2n) is 5.61. The van der Waals surface area contributed by atoms with Crippen molar-refractivity contribution >= 4 is 17.2 Å². The van der Waals surface area contributed by atoms with E-state index in [9.17, 15) is 9.18 Å². The molecular weight excluding hydrogens is 291 g/mol. The van der Waals surface area contributed by atoms with Crippen LogP contribution in [0.15, 0.2) is 60.7 Å². The normalized spacial score (nSPS) is 15.1. The SMILES string of the molecule is O=C(CN1CC=C(c2ccccc2)CC1)Nc1ccccc1F. The van der Waals surface area contributed by atoms with Gasteiger partial charge in [-0.25, -0.2) is 4.39 Å². The first-order valence-electron chi connectivity index (χ1n) is 7.73. The van der Waals surface area contributed by atoms with E-state index in [2.05, 4.69) is 28.4 Å². The molecule has 1 N–H and O–H groups in total. The van der Waals surface area contributed by atoms with E-state index in [0.717, 1.165) is 19.5 Å². The molecule has 1 heterocycles. The first kappa shape index (κ1) is 15.4. The van der Waals surface area contributed by atoms with Crippen molar-refractivity contribution in [2.75, 3.05) is 25.0 Å². The Morgan fingerprint density at radius 3 is 2.52 bits per heavy atom. The molecule has 0 bridgehead atoms. The van der Waals surface area contributed by atoms with Gasteiger partial charge in [-0.05, 0) is 29.7 Å². The van der Waals surface area contributed by atoms with E-state index in [-0.39, 0.29) is 18.1 Å². The third kappa shape index (κ3) is 4.05. The van der Waals surface area contributed by atoms with E-state index < -0.39 is 5.82 Å². The van der Waals surface area contributed by atoms with E-state index in [0.29, 0.717) is 0 Å². The maximum absolute atomic E-state index is 13.5. The molecule has 3 nitrogen and oxygen atoms in total. The average molecular weight is 310 g/mol. The van der Waals surface area contributed by atoms with E-state index in [1.54, 1.807) is 18.2 Å². The van der Waals surface area contributed by atoms with Gasteiger partial charge in [0.2, 0.25) is 5.91 Å². The van der Waals surface area contributed by atoms with Crippen LogP contribution in [0.4, 0.5) is 10.1 Å². The van der Waals surface area contributed by atoms with E-state index >= 15 is 0 Å². The molecule has 0 radical (unpaired) electrons. The van der Waals surface area contributed by atoms with Crippen LogP contribution < -0.4 is 5.32 Å². The lowest BCUT2D eigenvalue weighted by molar-refractivity contribution is -0.117. The molecule has 0 atom stereocenters. The van der Waals surface area contributed by atoms with Gasteiger partial charge in [0.15, 0.2) is 0 Å². The van der Waals surface area contributed by atoms with Crippen LogP contribution in [0, 0.1) is 5.82 Å². The zero-order chi connectivity index (χ0) is 16.1. The summed E-state index contributed by atoms with van der Waals surface area (Å²) < 4.78 is 13.5. The monoisotopic (exact) mass is 310 g/mol. The topological polar surface area (TPSA) is 32.3 Å². The molecule has 1 aliphatic rings. The predicted octanol–water partition coefficient (Wildman–Crippen LogP) is 3.55. The van der Waals surface area contributed by atoms with Crippen LogP contribution >= 0.6 is 0 Å². The van der Waals surface area contributed by atoms with Gasteiger partial charge in [-0.2, -0.15) is 0 Å². The molecule has 0 spiro atoms. The molecule has 1 aliphatic heterocycles. The summed E-state index contributed by atoms with van der Waals surface area (Å²) in [6.07, 6.45) is 3.08. The Morgan fingerprint density at radius 2 is 1.83 bits per heavy atom. The molecule has 0 fully saturated rings. The van der Waals surface area contributed by atoms with Crippen LogP contribution in [0.3, 0.4) is 0 Å². The van der Waals surface area contributed by atoms with Crippen LogP contribution in [0.5, 0.6) is 0 Å². The number of rotatable bonds is 4. The number of halogens is 1. The number of benzene rings is 2. The molecule has 0 aromatic heterocycles. The van der Waals surface area contributed by atoms with E-state index in [1.165, 1.54) is 17.2 Å². The molecule has 0 saturated carbocycles. The van der Waals surface area contributed by atoms with Gasteiger partial charge < -0.3 is 5.32 Å². The van der Waals surface area contributed by atoms with Gasteiger partial charge in [-0.1, -0.05) is 48.5 Å². The number of anilines is 1. The molecule has 1 amide bonds. The van der Waals surface area contributed by atoms with Crippen molar-refractivity contribution in [3.63, 3.8) is 0 Å². The highest BCUT2D eigenvalue weighted by Crippen LogP contribution is 2.22. The third-order valence-corrected chi connectivity index (χ3v) is 3.95. The molecule has 0 saturated heterocycles. The average Bonchev–Trinajstić information content (AvgIpc) is 2.58. The smallest absolute Gasteiger partial charge is 0.238 e. The standard InChI is InChI=1S/C19H19FN2O/c20-17-8-4-5-9-18(17)21-19(23)14-22-12-10-16(11-13-22)15-6-2-1-3-7-15/h1-10H,11-14H2,(H,21,23). The fourth-order valence-electron chi connectivity index (χ4n) is 2.72. The molecule has 0 unspecified atom stereocenters. The Morgan fingerprint density at radius 1 is 1.09 bits per heavy atom. The van der Waals surface area contributed by atoms with Gasteiger partial charge in [-0.3, -0.25) is 9.69 Å². The summed E-state index contributed by atoms with van der Waals surface area (Å²) in [7, 11) is 0. The van der Waals surface area contributed by atoms with E-state index in [4.69, 9.17) is 0 Å². The molecule has 2 aromatic carbocycles. The summed E-state index contributed by atoms with van der Waals surface area (Å²) in [4.78, 5) is 14.1. The third-order valence-electron chi connectivity index (χ3n) is 3.95. The lowest BCUT2D eigenvalue weighted by atomic mass is 10.00. The van der Waals surface area contributed by atoms with E-state index in [1.807, 2.05) is 18.2 Å². The van der Waals surface area contributed by atoms with Gasteiger partial charge >= 0.3 is 0 Å². The Kier molecular flexibility index (Phi) is 4.83. The van der Waals surface area contributed by atoms with Crippen molar-refractivity contribution in [2.45, 2.75) is 6.42 Å². The number of hydrogen-bond donors (Lipinski definition) is 1. The maximum atomic E-state index is 13.5. The van der Waals surface area contributed by atoms with Crippen LogP contribution in [-0.4, -0.2) is 30.4 Å². The van der Waals surface area contributed by atoms with Gasteiger partial charge in [0.1, 0.15) is 5.82 Å². The maximum Gasteiger partial charge on any atom is 0.238 e. The first-order valence-corrected chi connectivity index (χ1v) is 7.73. The summed E-state index contributed by atoms with van der Waals surface area (Å²) in [6.45, 7) is 1.83. The Labute approximate surface area is 135 Å². The number of hydrogen-bond acceptors (Lipinski definition) is 2. The molecule has 0 aliphatic carbocycles. The van der Waals surface area contributed by atoms with Crippen molar-refractivity contribution in [3.8, 4) is 0 Å². The quantitative estimate of drug-likeness (QED) is 0.936. The van der Waals surface area contributed by atoms with Gasteiger partial charge in [0, 0.05) is 13.1 Å². The first-order chi connectivity index (χ1) is 11.2. The van der Waals surface area contributed by atoms with Crippen molar-refractivity contribution in [2.24, 2.45) is 0 Å². The Bertz CT molecular complexity index is 712. The summed E-state index contributed by atoms with van der Waals surface area (Å²) in [5.74, 6) is -0.600. The number of para-hydroxylation sites is 1. The highest BCUT2D eigenvalue weighted by molar-refractivity contribution is 5.92.